The number of aryl methyl sites for hydroxylation is 5. The Bertz CT molecular complexity index is 4470. The molecule has 0 fully saturated rings. The average molecular weight is 1030 g/mol. The summed E-state index contributed by atoms with van der Waals surface area (Å²) in [6, 6.07) is 76.4. The number of nitrogens with zero attached hydrogens (tertiary/aromatic N) is 3. The normalized spacial score (nSPS) is 11.8. The topological polar surface area (TPSA) is 14.2 Å². The van der Waals surface area contributed by atoms with E-state index < -0.39 is 11.7 Å². The zero-order valence-corrected chi connectivity index (χ0v) is 44.3. The molecular formula is C73H52F3N3. The summed E-state index contributed by atoms with van der Waals surface area (Å²) in [7, 11) is 0. The minimum Gasteiger partial charge on any atom is -0.310 e. The SMILES string of the molecule is [C-]#[N+]c1cccc(-n2c3ccc(-c4ccccc4C)cc3c3cc(-c4ccccc4C)ccc32)c1-c1cc(-c2cc(C)cc(C(F)(F)F)c2)ccc1-n1c2ccc(-c3ccccc3C)cc2c2cc(-c3ccccc3C)ccc21. The highest BCUT2D eigenvalue weighted by molar-refractivity contribution is 6.14. The van der Waals surface area contributed by atoms with Crippen LogP contribution in [0, 0.1) is 41.2 Å². The van der Waals surface area contributed by atoms with Crippen LogP contribution in [0.1, 0.15) is 33.4 Å². The van der Waals surface area contributed by atoms with Crippen LogP contribution in [0.25, 0.3) is 127 Å². The Balaban J connectivity index is 1.14. The van der Waals surface area contributed by atoms with Gasteiger partial charge in [0.25, 0.3) is 0 Å². The van der Waals surface area contributed by atoms with E-state index in [4.69, 9.17) is 6.57 Å². The van der Waals surface area contributed by atoms with Crippen molar-refractivity contribution in [3.05, 3.63) is 269 Å². The van der Waals surface area contributed by atoms with E-state index in [2.05, 4.69) is 218 Å². The van der Waals surface area contributed by atoms with Gasteiger partial charge in [-0.3, -0.25) is 0 Å². The minimum absolute atomic E-state index is 0.406. The van der Waals surface area contributed by atoms with Crippen molar-refractivity contribution >= 4 is 49.3 Å². The molecule has 0 radical (unpaired) electrons. The van der Waals surface area contributed by atoms with Gasteiger partial charge in [-0.2, -0.15) is 13.2 Å². The van der Waals surface area contributed by atoms with Crippen LogP contribution in [0.4, 0.5) is 18.9 Å². The molecule has 0 aliphatic carbocycles. The first-order valence-electron chi connectivity index (χ1n) is 26.6. The Morgan fingerprint density at radius 1 is 0.342 bits per heavy atom. The Morgan fingerprint density at radius 2 is 0.734 bits per heavy atom. The number of rotatable bonds is 8. The second kappa shape index (κ2) is 19.1. The first-order valence-corrected chi connectivity index (χ1v) is 26.6. The summed E-state index contributed by atoms with van der Waals surface area (Å²) >= 11 is 0. The maximum absolute atomic E-state index is 14.7. The summed E-state index contributed by atoms with van der Waals surface area (Å²) in [4.78, 5) is 4.30. The molecule has 0 atom stereocenters. The van der Waals surface area contributed by atoms with E-state index in [1.54, 1.807) is 13.0 Å². The number of benzene rings is 11. The Morgan fingerprint density at radius 3 is 1.13 bits per heavy atom. The maximum Gasteiger partial charge on any atom is 0.416 e. The predicted octanol–water partition coefficient (Wildman–Crippen LogP) is 21.0. The lowest BCUT2D eigenvalue weighted by Crippen LogP contribution is -2.05. The zero-order chi connectivity index (χ0) is 54.3. The first-order chi connectivity index (χ1) is 38.3. The van der Waals surface area contributed by atoms with Gasteiger partial charge in [-0.1, -0.05) is 146 Å². The van der Waals surface area contributed by atoms with Crippen molar-refractivity contribution in [2.24, 2.45) is 0 Å². The second-order valence-corrected chi connectivity index (χ2v) is 21.0. The molecule has 0 aliphatic heterocycles. The molecule has 0 unspecified atom stereocenters. The van der Waals surface area contributed by atoms with Gasteiger partial charge in [-0.05, 0) is 202 Å². The van der Waals surface area contributed by atoms with Gasteiger partial charge in [0, 0.05) is 32.8 Å². The molecule has 380 valence electrons. The molecule has 2 aromatic heterocycles. The lowest BCUT2D eigenvalue weighted by molar-refractivity contribution is -0.137. The zero-order valence-electron chi connectivity index (χ0n) is 44.3. The van der Waals surface area contributed by atoms with Gasteiger partial charge in [-0.15, -0.1) is 0 Å². The van der Waals surface area contributed by atoms with E-state index >= 15 is 0 Å². The highest BCUT2D eigenvalue weighted by Crippen LogP contribution is 2.48. The van der Waals surface area contributed by atoms with Crippen molar-refractivity contribution in [3.8, 4) is 78.1 Å². The van der Waals surface area contributed by atoms with E-state index in [-0.39, 0.29) is 0 Å². The van der Waals surface area contributed by atoms with Crippen LogP contribution in [0.5, 0.6) is 0 Å². The van der Waals surface area contributed by atoms with Crippen molar-refractivity contribution < 1.29 is 13.2 Å². The van der Waals surface area contributed by atoms with Crippen molar-refractivity contribution in [2.45, 2.75) is 40.8 Å². The molecular weight excluding hydrogens is 976 g/mol. The third-order valence-electron chi connectivity index (χ3n) is 16.0. The standard InChI is InChI=1S/C73H52F3N3/c1-44-36-54(38-55(37-44)73(74,75)76)49-26-31-70(78-66-32-27-50(56-20-11-7-16-45(56)2)40-60(66)61-41-51(28-33-67(61)78)57-21-12-8-17-46(57)3)64(39-49)72-65(77-6)24-15-25-71(72)79-68-34-29-52(58-22-13-9-18-47(58)4)42-62(68)63-43-53(30-35-69(63)79)59-23-14-10-19-48(59)5/h7-43H,1-5H3. The third kappa shape index (κ3) is 8.38. The van der Waals surface area contributed by atoms with E-state index in [9.17, 15) is 13.2 Å². The molecule has 0 saturated heterocycles. The summed E-state index contributed by atoms with van der Waals surface area (Å²) in [5.74, 6) is 0. The highest BCUT2D eigenvalue weighted by Gasteiger charge is 2.31. The van der Waals surface area contributed by atoms with Crippen LogP contribution >= 0.6 is 0 Å². The number of fused-ring (bicyclic) bond motifs is 6. The Kier molecular flexibility index (Phi) is 11.8. The molecule has 11 aromatic carbocycles. The fourth-order valence-corrected chi connectivity index (χ4v) is 12.1. The molecule has 0 bridgehead atoms. The smallest absolute Gasteiger partial charge is 0.310 e. The van der Waals surface area contributed by atoms with Gasteiger partial charge in [0.1, 0.15) is 0 Å². The predicted molar refractivity (Wildman–Crippen MR) is 323 cm³/mol. The van der Waals surface area contributed by atoms with Crippen LogP contribution in [-0.2, 0) is 6.18 Å². The molecule has 79 heavy (non-hydrogen) atoms. The van der Waals surface area contributed by atoms with Crippen LogP contribution in [0.15, 0.2) is 224 Å². The van der Waals surface area contributed by atoms with Gasteiger partial charge in [0.2, 0.25) is 0 Å². The molecule has 0 N–H and O–H groups in total. The third-order valence-corrected chi connectivity index (χ3v) is 16.0. The van der Waals surface area contributed by atoms with Gasteiger partial charge in [-0.25, -0.2) is 4.85 Å². The highest BCUT2D eigenvalue weighted by atomic mass is 19.4. The van der Waals surface area contributed by atoms with E-state index in [0.717, 1.165) is 99.5 Å². The number of aromatic nitrogens is 2. The summed E-state index contributed by atoms with van der Waals surface area (Å²) in [5.41, 5.74) is 21.5. The van der Waals surface area contributed by atoms with Gasteiger partial charge in [0.05, 0.1) is 39.9 Å². The van der Waals surface area contributed by atoms with E-state index in [0.29, 0.717) is 33.5 Å². The minimum atomic E-state index is -4.56. The van der Waals surface area contributed by atoms with Gasteiger partial charge >= 0.3 is 6.18 Å². The molecule has 2 heterocycles. The molecule has 13 rings (SSSR count). The number of halogens is 3. The summed E-state index contributed by atoms with van der Waals surface area (Å²) in [5, 5.41) is 4.19. The van der Waals surface area contributed by atoms with Crippen molar-refractivity contribution in [2.75, 3.05) is 0 Å². The number of alkyl halides is 3. The van der Waals surface area contributed by atoms with Crippen LogP contribution in [0.3, 0.4) is 0 Å². The van der Waals surface area contributed by atoms with E-state index in [1.165, 1.54) is 34.4 Å². The largest absolute Gasteiger partial charge is 0.416 e. The monoisotopic (exact) mass is 1030 g/mol. The summed E-state index contributed by atoms with van der Waals surface area (Å²) in [6.07, 6.45) is -4.56. The lowest BCUT2D eigenvalue weighted by atomic mass is 9.93. The quantitative estimate of drug-likeness (QED) is 0.135. The average Bonchev–Trinajstić information content (AvgIpc) is 4.03. The molecule has 3 nitrogen and oxygen atoms in total. The van der Waals surface area contributed by atoms with Gasteiger partial charge in [0.15, 0.2) is 5.69 Å². The van der Waals surface area contributed by atoms with Crippen LogP contribution in [0.2, 0.25) is 0 Å². The number of hydrogen-bond acceptors (Lipinski definition) is 0. The van der Waals surface area contributed by atoms with Crippen molar-refractivity contribution in [1.82, 2.24) is 9.13 Å². The fraction of sp³-hybridized carbons (Fsp3) is 0.0822. The molecule has 6 heteroatoms. The Hall–Kier alpha value is -9.70. The van der Waals surface area contributed by atoms with E-state index in [1.807, 2.05) is 30.3 Å². The maximum atomic E-state index is 14.7. The van der Waals surface area contributed by atoms with Gasteiger partial charge < -0.3 is 9.13 Å². The summed E-state index contributed by atoms with van der Waals surface area (Å²) < 4.78 is 48.6. The molecule has 0 saturated carbocycles. The van der Waals surface area contributed by atoms with Crippen molar-refractivity contribution in [1.29, 1.82) is 0 Å². The summed E-state index contributed by atoms with van der Waals surface area (Å²) in [6.45, 7) is 19.2. The fourth-order valence-electron chi connectivity index (χ4n) is 12.1. The van der Waals surface area contributed by atoms with Crippen LogP contribution in [-0.4, -0.2) is 9.13 Å². The second-order valence-electron chi connectivity index (χ2n) is 21.0. The van der Waals surface area contributed by atoms with Crippen LogP contribution < -0.4 is 0 Å². The molecule has 0 aliphatic rings. The Labute approximate surface area is 457 Å². The molecule has 0 spiro atoms. The molecule has 0 amide bonds. The lowest BCUT2D eigenvalue weighted by Gasteiger charge is -2.21. The number of hydrogen-bond donors (Lipinski definition) is 0. The molecule has 13 aromatic rings. The first kappa shape index (κ1) is 48.9. The van der Waals surface area contributed by atoms with Crippen molar-refractivity contribution in [3.63, 3.8) is 0 Å².